The van der Waals surface area contributed by atoms with E-state index < -0.39 is 0 Å². The third kappa shape index (κ3) is 6.08. The molecule has 3 rings (SSSR count). The summed E-state index contributed by atoms with van der Waals surface area (Å²) >= 11 is 0. The van der Waals surface area contributed by atoms with Gasteiger partial charge in [0, 0.05) is 52.4 Å². The van der Waals surface area contributed by atoms with Crippen LogP contribution in [0.2, 0.25) is 0 Å². The fraction of sp³-hybridized carbons (Fsp3) is 0.905. The second-order valence-corrected chi connectivity index (χ2v) is 8.96. The van der Waals surface area contributed by atoms with E-state index in [0.29, 0.717) is 32.8 Å². The summed E-state index contributed by atoms with van der Waals surface area (Å²) in [6.07, 6.45) is 5.03. The van der Waals surface area contributed by atoms with E-state index in [9.17, 15) is 9.59 Å². The Morgan fingerprint density at radius 3 is 2.32 bits per heavy atom. The number of carbonyl (C=O) groups excluding carboxylic acids is 2. The summed E-state index contributed by atoms with van der Waals surface area (Å²) in [7, 11) is 0. The van der Waals surface area contributed by atoms with Crippen LogP contribution in [-0.4, -0.2) is 91.7 Å². The molecule has 3 amide bonds. The van der Waals surface area contributed by atoms with Gasteiger partial charge in [-0.15, -0.1) is 0 Å². The second kappa shape index (κ2) is 10.4. The molecule has 3 saturated heterocycles. The molecule has 3 aliphatic rings. The third-order valence-electron chi connectivity index (χ3n) is 6.21. The number of nitrogens with one attached hydrogen (secondary N) is 1. The van der Waals surface area contributed by atoms with Gasteiger partial charge in [0.2, 0.25) is 0 Å². The van der Waals surface area contributed by atoms with Crippen LogP contribution in [0.5, 0.6) is 0 Å². The van der Waals surface area contributed by atoms with Gasteiger partial charge in [-0.1, -0.05) is 13.8 Å². The van der Waals surface area contributed by atoms with Crippen molar-refractivity contribution in [1.82, 2.24) is 20.0 Å². The van der Waals surface area contributed by atoms with Crippen LogP contribution in [-0.2, 0) is 9.53 Å². The Bertz CT molecular complexity index is 506. The second-order valence-electron chi connectivity index (χ2n) is 8.96. The van der Waals surface area contributed by atoms with Gasteiger partial charge in [0.1, 0.15) is 6.10 Å². The maximum Gasteiger partial charge on any atom is 0.317 e. The van der Waals surface area contributed by atoms with Gasteiger partial charge < -0.3 is 24.8 Å². The molecule has 1 N–H and O–H groups in total. The van der Waals surface area contributed by atoms with Crippen molar-refractivity contribution in [2.45, 2.75) is 52.1 Å². The van der Waals surface area contributed by atoms with E-state index in [0.717, 1.165) is 50.6 Å². The standard InChI is InChI=1S/C21H38N4O3/c1-17-14-18(2)16-23(15-17)8-4-3-7-22-21(27)25-11-9-24(10-12-25)20(26)19-6-5-13-28-19/h17-19H,3-16H2,1-2H3,(H,22,27). The summed E-state index contributed by atoms with van der Waals surface area (Å²) < 4.78 is 5.49. The lowest BCUT2D eigenvalue weighted by Crippen LogP contribution is -2.54. The van der Waals surface area contributed by atoms with Crippen LogP contribution in [0.3, 0.4) is 0 Å². The maximum absolute atomic E-state index is 12.4. The number of amides is 3. The monoisotopic (exact) mass is 394 g/mol. The SMILES string of the molecule is CC1CC(C)CN(CCCCNC(=O)N2CCN(C(=O)C3CCCO3)CC2)C1. The van der Waals surface area contributed by atoms with E-state index in [1.807, 2.05) is 9.80 Å². The molecule has 0 aromatic rings. The number of nitrogens with zero attached hydrogens (tertiary/aromatic N) is 3. The topological polar surface area (TPSA) is 65.1 Å². The lowest BCUT2D eigenvalue weighted by molar-refractivity contribution is -0.142. The number of urea groups is 1. The van der Waals surface area contributed by atoms with Crippen molar-refractivity contribution in [3.8, 4) is 0 Å². The van der Waals surface area contributed by atoms with Gasteiger partial charge in [-0.05, 0) is 50.5 Å². The number of unbranched alkanes of at least 4 members (excludes halogenated alkanes) is 1. The van der Waals surface area contributed by atoms with E-state index in [2.05, 4.69) is 24.1 Å². The largest absolute Gasteiger partial charge is 0.368 e. The lowest BCUT2D eigenvalue weighted by atomic mass is 9.92. The van der Waals surface area contributed by atoms with Gasteiger partial charge in [-0.25, -0.2) is 4.79 Å². The maximum atomic E-state index is 12.4. The molecular weight excluding hydrogens is 356 g/mol. The first-order valence-corrected chi connectivity index (χ1v) is 11.2. The predicted octanol–water partition coefficient (Wildman–Crippen LogP) is 1.78. The predicted molar refractivity (Wildman–Crippen MR) is 109 cm³/mol. The molecule has 0 radical (unpaired) electrons. The molecule has 3 fully saturated rings. The van der Waals surface area contributed by atoms with Crippen LogP contribution in [0, 0.1) is 11.8 Å². The van der Waals surface area contributed by atoms with E-state index in [-0.39, 0.29) is 18.0 Å². The minimum Gasteiger partial charge on any atom is -0.368 e. The van der Waals surface area contributed by atoms with Gasteiger partial charge in [0.25, 0.3) is 5.91 Å². The molecule has 0 aliphatic carbocycles. The van der Waals surface area contributed by atoms with Crippen LogP contribution < -0.4 is 5.32 Å². The highest BCUT2D eigenvalue weighted by Gasteiger charge is 2.31. The number of rotatable bonds is 6. The van der Waals surface area contributed by atoms with Crippen LogP contribution in [0.25, 0.3) is 0 Å². The highest BCUT2D eigenvalue weighted by Crippen LogP contribution is 2.21. The minimum absolute atomic E-state index is 0.00410. The first-order chi connectivity index (χ1) is 13.5. The van der Waals surface area contributed by atoms with E-state index >= 15 is 0 Å². The zero-order chi connectivity index (χ0) is 19.9. The number of hydrogen-bond donors (Lipinski definition) is 1. The first-order valence-electron chi connectivity index (χ1n) is 11.2. The highest BCUT2D eigenvalue weighted by molar-refractivity contribution is 5.81. The number of piperidine rings is 1. The summed E-state index contributed by atoms with van der Waals surface area (Å²) in [6, 6.07) is 0.00410. The molecule has 3 heterocycles. The fourth-order valence-electron chi connectivity index (χ4n) is 4.85. The molecule has 7 nitrogen and oxygen atoms in total. The van der Waals surface area contributed by atoms with E-state index in [1.54, 1.807) is 0 Å². The van der Waals surface area contributed by atoms with Gasteiger partial charge in [0.05, 0.1) is 0 Å². The van der Waals surface area contributed by atoms with E-state index in [4.69, 9.17) is 4.74 Å². The Balaban J connectivity index is 1.26. The number of hydrogen-bond acceptors (Lipinski definition) is 4. The van der Waals surface area contributed by atoms with Crippen molar-refractivity contribution in [3.63, 3.8) is 0 Å². The molecule has 0 aromatic carbocycles. The van der Waals surface area contributed by atoms with Crippen molar-refractivity contribution >= 4 is 11.9 Å². The minimum atomic E-state index is -0.258. The molecule has 0 bridgehead atoms. The van der Waals surface area contributed by atoms with Crippen molar-refractivity contribution in [3.05, 3.63) is 0 Å². The van der Waals surface area contributed by atoms with Crippen molar-refractivity contribution < 1.29 is 14.3 Å². The van der Waals surface area contributed by atoms with Crippen LogP contribution in [0.1, 0.15) is 46.0 Å². The molecule has 3 aliphatic heterocycles. The molecule has 0 spiro atoms. The highest BCUT2D eigenvalue weighted by atomic mass is 16.5. The summed E-state index contributed by atoms with van der Waals surface area (Å²) in [4.78, 5) is 31.0. The number of carbonyl (C=O) groups is 2. The Labute approximate surface area is 169 Å². The lowest BCUT2D eigenvalue weighted by Gasteiger charge is -2.36. The number of ether oxygens (including phenoxy) is 1. The van der Waals surface area contributed by atoms with Gasteiger partial charge >= 0.3 is 6.03 Å². The molecule has 0 aromatic heterocycles. The summed E-state index contributed by atoms with van der Waals surface area (Å²) in [5.41, 5.74) is 0. The Morgan fingerprint density at radius 2 is 1.68 bits per heavy atom. The molecule has 7 heteroatoms. The zero-order valence-corrected chi connectivity index (χ0v) is 17.7. The quantitative estimate of drug-likeness (QED) is 0.698. The third-order valence-corrected chi connectivity index (χ3v) is 6.21. The smallest absolute Gasteiger partial charge is 0.317 e. The van der Waals surface area contributed by atoms with Crippen LogP contribution >= 0.6 is 0 Å². The number of piperazine rings is 1. The van der Waals surface area contributed by atoms with Gasteiger partial charge in [-0.3, -0.25) is 4.79 Å². The molecule has 28 heavy (non-hydrogen) atoms. The summed E-state index contributed by atoms with van der Waals surface area (Å²) in [5, 5.41) is 3.05. The van der Waals surface area contributed by atoms with Crippen molar-refractivity contribution in [1.29, 1.82) is 0 Å². The molecular formula is C21H38N4O3. The van der Waals surface area contributed by atoms with Crippen LogP contribution in [0.4, 0.5) is 4.79 Å². The Morgan fingerprint density at radius 1 is 1.00 bits per heavy atom. The molecule has 160 valence electrons. The normalized spacial score (nSPS) is 29.1. The van der Waals surface area contributed by atoms with Crippen LogP contribution in [0.15, 0.2) is 0 Å². The summed E-state index contributed by atoms with van der Waals surface area (Å²) in [6.45, 7) is 12.1. The Kier molecular flexibility index (Phi) is 7.97. The van der Waals surface area contributed by atoms with Crippen molar-refractivity contribution in [2.75, 3.05) is 59.0 Å². The molecule has 3 unspecified atom stereocenters. The summed E-state index contributed by atoms with van der Waals surface area (Å²) in [5.74, 6) is 1.70. The average molecular weight is 395 g/mol. The fourth-order valence-corrected chi connectivity index (χ4v) is 4.85. The first kappa shape index (κ1) is 21.4. The van der Waals surface area contributed by atoms with Crippen molar-refractivity contribution in [2.24, 2.45) is 11.8 Å². The van der Waals surface area contributed by atoms with Gasteiger partial charge in [0.15, 0.2) is 0 Å². The zero-order valence-electron chi connectivity index (χ0n) is 17.7. The molecule has 3 atom stereocenters. The molecule has 0 saturated carbocycles. The average Bonchev–Trinajstić information content (AvgIpc) is 3.21. The Hall–Kier alpha value is -1.34. The van der Waals surface area contributed by atoms with Gasteiger partial charge in [-0.2, -0.15) is 0 Å². The van der Waals surface area contributed by atoms with E-state index in [1.165, 1.54) is 19.5 Å². The number of likely N-dealkylation sites (tertiary alicyclic amines) is 1.